The number of carbonyl (C=O) groups excluding carboxylic acids is 1. The maximum absolute atomic E-state index is 12.3. The summed E-state index contributed by atoms with van der Waals surface area (Å²) in [6.07, 6.45) is 0.234. The first kappa shape index (κ1) is 19.8. The quantitative estimate of drug-likeness (QED) is 0.560. The highest BCUT2D eigenvalue weighted by molar-refractivity contribution is 5.93. The van der Waals surface area contributed by atoms with E-state index < -0.39 is 4.92 Å². The normalized spacial score (nSPS) is 19.4. The van der Waals surface area contributed by atoms with Crippen molar-refractivity contribution in [2.45, 2.75) is 18.4 Å². The Morgan fingerprint density at radius 3 is 2.71 bits per heavy atom. The van der Waals surface area contributed by atoms with Crippen LogP contribution in [0.3, 0.4) is 0 Å². The fourth-order valence-electron chi connectivity index (χ4n) is 3.52. The summed E-state index contributed by atoms with van der Waals surface area (Å²) in [6, 6.07) is 14.5. The molecule has 2 aromatic rings. The molecule has 3 rings (SSSR count). The predicted molar refractivity (Wildman–Crippen MR) is 106 cm³/mol. The Balaban J connectivity index is 1.56. The van der Waals surface area contributed by atoms with Crippen molar-refractivity contribution in [3.63, 3.8) is 0 Å². The maximum Gasteiger partial charge on any atom is 0.296 e. The topological polar surface area (TPSA) is 111 Å². The van der Waals surface area contributed by atoms with Crippen molar-refractivity contribution in [1.82, 2.24) is 4.90 Å². The van der Waals surface area contributed by atoms with Crippen molar-refractivity contribution in [2.75, 3.05) is 32.1 Å². The number of hydrogen-bond acceptors (Lipinski definition) is 6. The van der Waals surface area contributed by atoms with Crippen LogP contribution in [0.5, 0.6) is 5.75 Å². The number of ether oxygens (including phenoxy) is 1. The number of methoxy groups -OCH3 is 1. The van der Waals surface area contributed by atoms with E-state index in [9.17, 15) is 14.9 Å². The second kappa shape index (κ2) is 8.81. The van der Waals surface area contributed by atoms with Gasteiger partial charge in [-0.15, -0.1) is 0 Å². The molecule has 0 unspecified atom stereocenters. The van der Waals surface area contributed by atoms with Crippen molar-refractivity contribution in [1.29, 1.82) is 0 Å². The lowest BCUT2D eigenvalue weighted by molar-refractivity contribution is -0.384. The highest BCUT2D eigenvalue weighted by Gasteiger charge is 2.31. The molecule has 8 nitrogen and oxygen atoms in total. The molecule has 148 valence electrons. The number of nitrogens with one attached hydrogen (secondary N) is 1. The minimum atomic E-state index is -0.540. The zero-order valence-corrected chi connectivity index (χ0v) is 15.7. The van der Waals surface area contributed by atoms with Gasteiger partial charge < -0.3 is 20.7 Å². The number of nitrogens with zero attached hydrogens (tertiary/aromatic N) is 2. The van der Waals surface area contributed by atoms with E-state index >= 15 is 0 Å². The van der Waals surface area contributed by atoms with E-state index in [2.05, 4.69) is 22.3 Å². The average Bonchev–Trinajstić information content (AvgIpc) is 3.08. The van der Waals surface area contributed by atoms with E-state index in [4.69, 9.17) is 10.5 Å². The van der Waals surface area contributed by atoms with Crippen LogP contribution >= 0.6 is 0 Å². The van der Waals surface area contributed by atoms with Gasteiger partial charge in [-0.3, -0.25) is 14.9 Å². The molecule has 1 aliphatic heterocycles. The number of nitro benzene ring substituents is 1. The Labute approximate surface area is 163 Å². The maximum atomic E-state index is 12.3. The molecular formula is C20H24N4O4. The molecule has 0 bridgehead atoms. The lowest BCUT2D eigenvalue weighted by Crippen LogP contribution is -2.30. The van der Waals surface area contributed by atoms with Gasteiger partial charge >= 0.3 is 0 Å². The third kappa shape index (κ3) is 4.65. The summed E-state index contributed by atoms with van der Waals surface area (Å²) in [5.74, 6) is 0.333. The fraction of sp³-hybridized carbons (Fsp3) is 0.350. The van der Waals surface area contributed by atoms with Gasteiger partial charge in [0.1, 0.15) is 11.4 Å². The summed E-state index contributed by atoms with van der Waals surface area (Å²) in [7, 11) is 1.43. The summed E-state index contributed by atoms with van der Waals surface area (Å²) in [4.78, 5) is 25.1. The van der Waals surface area contributed by atoms with Gasteiger partial charge in [0.15, 0.2) is 0 Å². The van der Waals surface area contributed by atoms with Crippen LogP contribution in [0.15, 0.2) is 48.5 Å². The molecule has 1 aliphatic rings. The summed E-state index contributed by atoms with van der Waals surface area (Å²) < 4.78 is 5.00. The number of carbonyl (C=O) groups is 1. The number of anilines is 1. The molecule has 0 radical (unpaired) electrons. The molecule has 8 heteroatoms. The van der Waals surface area contributed by atoms with Crippen molar-refractivity contribution in [3.05, 3.63) is 64.2 Å². The molecule has 0 saturated carbocycles. The number of rotatable bonds is 7. The molecule has 0 aliphatic carbocycles. The number of hydrogen-bond donors (Lipinski definition) is 2. The molecule has 1 heterocycles. The Morgan fingerprint density at radius 2 is 2.04 bits per heavy atom. The van der Waals surface area contributed by atoms with Crippen LogP contribution in [0.1, 0.15) is 17.9 Å². The van der Waals surface area contributed by atoms with Gasteiger partial charge in [-0.1, -0.05) is 30.3 Å². The van der Waals surface area contributed by atoms with Crippen LogP contribution in [0, 0.1) is 10.1 Å². The van der Waals surface area contributed by atoms with Crippen LogP contribution in [0.4, 0.5) is 11.4 Å². The van der Waals surface area contributed by atoms with E-state index in [1.54, 1.807) is 6.07 Å². The summed E-state index contributed by atoms with van der Waals surface area (Å²) in [5, 5.41) is 13.8. The zero-order valence-electron chi connectivity index (χ0n) is 15.7. The predicted octanol–water partition coefficient (Wildman–Crippen LogP) is 2.36. The van der Waals surface area contributed by atoms with Gasteiger partial charge in [-0.25, -0.2) is 0 Å². The van der Waals surface area contributed by atoms with Crippen LogP contribution in [-0.2, 0) is 4.79 Å². The largest absolute Gasteiger partial charge is 0.496 e. The number of nitro groups is 1. The van der Waals surface area contributed by atoms with Gasteiger partial charge in [0.05, 0.1) is 18.1 Å². The first-order valence-corrected chi connectivity index (χ1v) is 9.13. The summed E-state index contributed by atoms with van der Waals surface area (Å²) >= 11 is 0. The van der Waals surface area contributed by atoms with Gasteiger partial charge in [-0.05, 0) is 17.7 Å². The minimum absolute atomic E-state index is 0.0214. The van der Waals surface area contributed by atoms with Crippen LogP contribution < -0.4 is 15.8 Å². The van der Waals surface area contributed by atoms with Crippen LogP contribution in [0.2, 0.25) is 0 Å². The number of benzene rings is 2. The molecule has 1 amide bonds. The highest BCUT2D eigenvalue weighted by atomic mass is 16.6. The van der Waals surface area contributed by atoms with Gasteiger partial charge in [0.25, 0.3) is 5.69 Å². The molecule has 0 spiro atoms. The van der Waals surface area contributed by atoms with Crippen LogP contribution in [-0.4, -0.2) is 48.5 Å². The molecule has 3 N–H and O–H groups in total. The Morgan fingerprint density at radius 1 is 1.29 bits per heavy atom. The number of amides is 1. The first-order chi connectivity index (χ1) is 13.5. The lowest BCUT2D eigenvalue weighted by Gasteiger charge is -2.16. The van der Waals surface area contributed by atoms with E-state index in [1.165, 1.54) is 24.8 Å². The van der Waals surface area contributed by atoms with E-state index in [0.717, 1.165) is 13.1 Å². The molecule has 28 heavy (non-hydrogen) atoms. The lowest BCUT2D eigenvalue weighted by atomic mass is 9.95. The van der Waals surface area contributed by atoms with Gasteiger partial charge in [0, 0.05) is 38.0 Å². The average molecular weight is 384 g/mol. The monoisotopic (exact) mass is 384 g/mol. The van der Waals surface area contributed by atoms with Crippen molar-refractivity contribution in [3.8, 4) is 5.75 Å². The van der Waals surface area contributed by atoms with Crippen molar-refractivity contribution < 1.29 is 14.5 Å². The molecule has 0 aromatic heterocycles. The third-order valence-electron chi connectivity index (χ3n) is 5.00. The minimum Gasteiger partial charge on any atom is -0.496 e. The fourth-order valence-corrected chi connectivity index (χ4v) is 3.52. The Kier molecular flexibility index (Phi) is 6.23. The molecule has 1 fully saturated rings. The highest BCUT2D eigenvalue weighted by Crippen LogP contribution is 2.29. The van der Waals surface area contributed by atoms with Crippen molar-refractivity contribution in [2.24, 2.45) is 5.73 Å². The Bertz CT molecular complexity index is 843. The molecular weight excluding hydrogens is 360 g/mol. The van der Waals surface area contributed by atoms with Gasteiger partial charge in [-0.2, -0.15) is 0 Å². The van der Waals surface area contributed by atoms with E-state index in [-0.39, 0.29) is 35.7 Å². The zero-order chi connectivity index (χ0) is 20.1. The number of likely N-dealkylation sites (tertiary alicyclic amines) is 1. The second-order valence-corrected chi connectivity index (χ2v) is 6.88. The summed E-state index contributed by atoms with van der Waals surface area (Å²) in [6.45, 7) is 2.06. The first-order valence-electron chi connectivity index (χ1n) is 9.13. The van der Waals surface area contributed by atoms with Crippen LogP contribution in [0.25, 0.3) is 0 Å². The molecule has 2 atom stereocenters. The number of nitrogens with two attached hydrogens (primary N) is 1. The van der Waals surface area contributed by atoms with Gasteiger partial charge in [0.2, 0.25) is 5.91 Å². The summed E-state index contributed by atoms with van der Waals surface area (Å²) in [5.41, 5.74) is 7.46. The SMILES string of the molecule is COc1ccc(NC(=O)CCN2C[C@@H](N)[C@H](c3ccccc3)C2)c([N+](=O)[O-])c1. The molecule has 1 saturated heterocycles. The third-order valence-corrected chi connectivity index (χ3v) is 5.00. The standard InChI is InChI=1S/C20H24N4O4/c1-28-15-7-8-18(19(11-15)24(26)27)22-20(25)9-10-23-12-16(17(21)13-23)14-5-3-2-4-6-14/h2-8,11,16-17H,9-10,12-13,21H2,1H3,(H,22,25)/t16-,17+/m0/s1. The molecule has 2 aromatic carbocycles. The Hall–Kier alpha value is -2.97. The van der Waals surface area contributed by atoms with E-state index in [1.807, 2.05) is 18.2 Å². The van der Waals surface area contributed by atoms with Crippen molar-refractivity contribution >= 4 is 17.3 Å². The second-order valence-electron chi connectivity index (χ2n) is 6.88. The smallest absolute Gasteiger partial charge is 0.296 e. The van der Waals surface area contributed by atoms with E-state index in [0.29, 0.717) is 12.3 Å².